The molecule has 0 bridgehead atoms. The SMILES string of the molecule is C=CCOC(=O)c1ccccc1Oc1cccc2c1C(c1c(F)c(F)c(F)c(F)c1F)[C@@H](C(=O)OC(=O)OCC1c3ccccc3-c3ccccc31)CC2. The van der Waals surface area contributed by atoms with Crippen LogP contribution in [0.25, 0.3) is 11.1 Å². The Balaban J connectivity index is 1.23. The third kappa shape index (κ3) is 6.48. The Morgan fingerprint density at radius 3 is 1.94 bits per heavy atom. The first-order valence-electron chi connectivity index (χ1n) is 16.8. The van der Waals surface area contributed by atoms with E-state index in [2.05, 4.69) is 6.58 Å². The lowest BCUT2D eigenvalue weighted by atomic mass is 9.71. The molecule has 7 rings (SSSR count). The van der Waals surface area contributed by atoms with Crippen molar-refractivity contribution in [3.05, 3.63) is 166 Å². The predicted octanol–water partition coefficient (Wildman–Crippen LogP) is 9.70. The summed E-state index contributed by atoms with van der Waals surface area (Å²) in [6, 6.07) is 25.3. The number of hydrogen-bond donors (Lipinski definition) is 0. The molecule has 0 amide bonds. The predicted molar refractivity (Wildman–Crippen MR) is 184 cm³/mol. The number of ether oxygens (including phenoxy) is 4. The molecule has 0 N–H and O–H groups in total. The van der Waals surface area contributed by atoms with Gasteiger partial charge in [-0.3, -0.25) is 4.79 Å². The fourth-order valence-electron chi connectivity index (χ4n) is 7.26. The van der Waals surface area contributed by atoms with Gasteiger partial charge in [0, 0.05) is 23.0 Å². The Kier molecular flexibility index (Phi) is 10.0. The minimum Gasteiger partial charge on any atom is -0.458 e. The van der Waals surface area contributed by atoms with Gasteiger partial charge in [-0.05, 0) is 58.9 Å². The van der Waals surface area contributed by atoms with Crippen molar-refractivity contribution in [1.29, 1.82) is 0 Å². The second kappa shape index (κ2) is 15.0. The highest BCUT2D eigenvalue weighted by Gasteiger charge is 2.44. The van der Waals surface area contributed by atoms with E-state index in [1.807, 2.05) is 48.5 Å². The van der Waals surface area contributed by atoms with Crippen LogP contribution in [0.5, 0.6) is 11.5 Å². The molecule has 0 aliphatic heterocycles. The van der Waals surface area contributed by atoms with Gasteiger partial charge in [0.05, 0.1) is 5.92 Å². The molecule has 12 heteroatoms. The molecule has 0 heterocycles. The van der Waals surface area contributed by atoms with Crippen molar-refractivity contribution in [2.75, 3.05) is 13.2 Å². The van der Waals surface area contributed by atoms with Crippen LogP contribution in [0.15, 0.2) is 104 Å². The molecule has 2 atom stereocenters. The highest BCUT2D eigenvalue weighted by Crippen LogP contribution is 2.49. The van der Waals surface area contributed by atoms with Crippen LogP contribution in [0.1, 0.15) is 56.4 Å². The maximum absolute atomic E-state index is 15.7. The van der Waals surface area contributed by atoms with Crippen LogP contribution in [0.3, 0.4) is 0 Å². The van der Waals surface area contributed by atoms with Gasteiger partial charge in [-0.15, -0.1) is 0 Å². The number of esters is 2. The molecule has 2 aliphatic carbocycles. The van der Waals surface area contributed by atoms with E-state index in [4.69, 9.17) is 18.9 Å². The molecule has 0 fully saturated rings. The lowest BCUT2D eigenvalue weighted by Gasteiger charge is -2.34. The van der Waals surface area contributed by atoms with Gasteiger partial charge in [-0.2, -0.15) is 0 Å². The molecule has 0 saturated carbocycles. The van der Waals surface area contributed by atoms with Gasteiger partial charge >= 0.3 is 18.1 Å². The lowest BCUT2D eigenvalue weighted by Crippen LogP contribution is -2.33. The molecule has 5 aromatic carbocycles. The van der Waals surface area contributed by atoms with Crippen LogP contribution in [0.4, 0.5) is 26.7 Å². The van der Waals surface area contributed by atoms with Crippen LogP contribution in [-0.4, -0.2) is 31.3 Å². The minimum absolute atomic E-state index is 0.0475. The van der Waals surface area contributed by atoms with Gasteiger partial charge in [0.25, 0.3) is 0 Å². The van der Waals surface area contributed by atoms with E-state index in [9.17, 15) is 27.6 Å². The molecular weight excluding hydrogens is 711 g/mol. The largest absolute Gasteiger partial charge is 0.516 e. The van der Waals surface area contributed by atoms with E-state index in [-0.39, 0.29) is 54.6 Å². The first-order chi connectivity index (χ1) is 26.1. The van der Waals surface area contributed by atoms with Crippen molar-refractivity contribution in [3.8, 4) is 22.6 Å². The second-order valence-corrected chi connectivity index (χ2v) is 12.6. The first kappa shape index (κ1) is 36.1. The van der Waals surface area contributed by atoms with E-state index >= 15 is 8.78 Å². The van der Waals surface area contributed by atoms with Gasteiger partial charge in [-0.25, -0.2) is 31.5 Å². The van der Waals surface area contributed by atoms with Crippen LogP contribution < -0.4 is 4.74 Å². The Morgan fingerprint density at radius 2 is 1.28 bits per heavy atom. The molecular formula is C42H29F5O7. The highest BCUT2D eigenvalue weighted by molar-refractivity contribution is 5.92. The van der Waals surface area contributed by atoms with Crippen LogP contribution in [-0.2, 0) is 25.4 Å². The van der Waals surface area contributed by atoms with Crippen molar-refractivity contribution in [1.82, 2.24) is 0 Å². The standard InChI is InChI=1S/C42H29F5O7/c1-2-20-51-40(48)27-15-7-8-16-30(27)53-31-17-9-10-22-18-19-28(33(32(22)31)34-35(43)37(45)39(47)38(46)36(34)44)41(49)54-42(50)52-21-29-25-13-5-3-11-23(25)24-12-4-6-14-26(24)29/h2-17,28-29,33H,1,18-21H2/t28-,33?/m0/s1. The topological polar surface area (TPSA) is 88.1 Å². The normalized spacial score (nSPS) is 15.7. The number of para-hydroxylation sites is 1. The molecule has 7 nitrogen and oxygen atoms in total. The van der Waals surface area contributed by atoms with Crippen molar-refractivity contribution in [2.45, 2.75) is 24.7 Å². The number of carbonyl (C=O) groups is 3. The average molecular weight is 741 g/mol. The summed E-state index contributed by atoms with van der Waals surface area (Å²) >= 11 is 0. The van der Waals surface area contributed by atoms with E-state index in [1.54, 1.807) is 6.07 Å². The second-order valence-electron chi connectivity index (χ2n) is 12.6. The van der Waals surface area contributed by atoms with Crippen LogP contribution in [0.2, 0.25) is 0 Å². The molecule has 0 aromatic heterocycles. The van der Waals surface area contributed by atoms with Crippen LogP contribution in [0, 0.1) is 35.0 Å². The molecule has 2 aliphatic rings. The Labute approximate surface area is 305 Å². The Hall–Kier alpha value is -6.30. The van der Waals surface area contributed by atoms with Gasteiger partial charge in [0.2, 0.25) is 5.82 Å². The summed E-state index contributed by atoms with van der Waals surface area (Å²) in [7, 11) is 0. The average Bonchev–Trinajstić information content (AvgIpc) is 3.51. The molecule has 5 aromatic rings. The van der Waals surface area contributed by atoms with E-state index in [0.29, 0.717) is 5.56 Å². The maximum atomic E-state index is 15.7. The molecule has 0 spiro atoms. The smallest absolute Gasteiger partial charge is 0.458 e. The molecule has 0 radical (unpaired) electrons. The fraction of sp³-hybridized carbons (Fsp3) is 0.167. The van der Waals surface area contributed by atoms with E-state index < -0.39 is 64.6 Å². The van der Waals surface area contributed by atoms with Gasteiger partial charge in [0.1, 0.15) is 30.3 Å². The molecule has 1 unspecified atom stereocenters. The van der Waals surface area contributed by atoms with Crippen molar-refractivity contribution >= 4 is 18.1 Å². The minimum atomic E-state index is -2.39. The maximum Gasteiger partial charge on any atom is 0.516 e. The zero-order valence-electron chi connectivity index (χ0n) is 28.3. The summed E-state index contributed by atoms with van der Waals surface area (Å²) in [6.45, 7) is 3.16. The third-order valence-electron chi connectivity index (χ3n) is 9.63. The summed E-state index contributed by atoms with van der Waals surface area (Å²) in [5.41, 5.74) is 2.53. The first-order valence-corrected chi connectivity index (χ1v) is 16.8. The Morgan fingerprint density at radius 1 is 0.685 bits per heavy atom. The van der Waals surface area contributed by atoms with E-state index in [1.165, 1.54) is 42.5 Å². The summed E-state index contributed by atoms with van der Waals surface area (Å²) in [6.07, 6.45) is -0.238. The van der Waals surface area contributed by atoms with E-state index in [0.717, 1.165) is 22.3 Å². The van der Waals surface area contributed by atoms with Crippen molar-refractivity contribution in [3.63, 3.8) is 0 Å². The Bertz CT molecular complexity index is 2250. The molecule has 274 valence electrons. The fourth-order valence-corrected chi connectivity index (χ4v) is 7.26. The van der Waals surface area contributed by atoms with Crippen molar-refractivity contribution in [2.24, 2.45) is 5.92 Å². The number of fused-ring (bicyclic) bond motifs is 4. The number of carbonyl (C=O) groups excluding carboxylic acids is 3. The summed E-state index contributed by atoms with van der Waals surface area (Å²) in [4.78, 5) is 39.7. The number of rotatable bonds is 9. The summed E-state index contributed by atoms with van der Waals surface area (Å²) in [5, 5.41) is 0. The molecule has 0 saturated heterocycles. The number of aryl methyl sites for hydroxylation is 1. The quantitative estimate of drug-likeness (QED) is 0.0372. The van der Waals surface area contributed by atoms with Crippen LogP contribution >= 0.6 is 0 Å². The molecule has 54 heavy (non-hydrogen) atoms. The zero-order valence-corrected chi connectivity index (χ0v) is 28.3. The summed E-state index contributed by atoms with van der Waals surface area (Å²) < 4.78 is 97.0. The zero-order chi connectivity index (χ0) is 38.1. The van der Waals surface area contributed by atoms with Crippen molar-refractivity contribution < 1.29 is 55.3 Å². The monoisotopic (exact) mass is 740 g/mol. The van der Waals surface area contributed by atoms with Gasteiger partial charge in [-0.1, -0.05) is 85.5 Å². The third-order valence-corrected chi connectivity index (χ3v) is 9.63. The summed E-state index contributed by atoms with van der Waals surface area (Å²) in [5.74, 6) is -17.5. The number of halogens is 5. The lowest BCUT2D eigenvalue weighted by molar-refractivity contribution is -0.145. The number of benzene rings is 5. The van der Waals surface area contributed by atoms with Gasteiger partial charge in [0.15, 0.2) is 23.3 Å². The number of hydrogen-bond acceptors (Lipinski definition) is 7. The highest BCUT2D eigenvalue weighted by atomic mass is 19.2. The van der Waals surface area contributed by atoms with Gasteiger partial charge < -0.3 is 18.9 Å².